The molecule has 6 nitrogen and oxygen atoms in total. The van der Waals surface area contributed by atoms with E-state index in [1.165, 1.54) is 231 Å². The molecule has 0 aromatic rings. The summed E-state index contributed by atoms with van der Waals surface area (Å²) in [5, 5.41) is 23.8. The molecule has 0 saturated carbocycles. The highest BCUT2D eigenvalue weighted by atomic mass is 16.5. The van der Waals surface area contributed by atoms with Crippen molar-refractivity contribution in [2.75, 3.05) is 6.61 Å². The number of rotatable bonds is 51. The lowest BCUT2D eigenvalue weighted by Crippen LogP contribution is -2.46. The van der Waals surface area contributed by atoms with E-state index in [9.17, 15) is 19.8 Å². The van der Waals surface area contributed by atoms with Gasteiger partial charge in [0.2, 0.25) is 5.91 Å². The predicted octanol–water partition coefficient (Wildman–Crippen LogP) is 16.7. The van der Waals surface area contributed by atoms with Gasteiger partial charge in [-0.2, -0.15) is 0 Å². The van der Waals surface area contributed by atoms with E-state index in [1.807, 2.05) is 0 Å². The summed E-state index contributed by atoms with van der Waals surface area (Å²) in [7, 11) is 0. The van der Waals surface area contributed by atoms with Gasteiger partial charge in [-0.3, -0.25) is 9.59 Å². The van der Waals surface area contributed by atoms with Gasteiger partial charge < -0.3 is 20.3 Å². The number of hydrogen-bond acceptors (Lipinski definition) is 5. The quantitative estimate of drug-likeness (QED) is 0.0418. The summed E-state index contributed by atoms with van der Waals surface area (Å²) in [5.41, 5.74) is 0. The number of carbonyl (C=O) groups excluding carboxylic acids is 2. The second-order valence-corrected chi connectivity index (χ2v) is 19.4. The first-order chi connectivity index (χ1) is 30.0. The van der Waals surface area contributed by atoms with Gasteiger partial charge in [0.15, 0.2) is 0 Å². The highest BCUT2D eigenvalue weighted by molar-refractivity contribution is 5.77. The minimum absolute atomic E-state index is 0.0879. The molecule has 3 N–H and O–H groups in total. The van der Waals surface area contributed by atoms with Gasteiger partial charge in [-0.15, -0.1) is 0 Å². The molecular weight excluding hydrogens is 755 g/mol. The van der Waals surface area contributed by atoms with Crippen LogP contribution in [0.5, 0.6) is 0 Å². The first-order valence-corrected chi connectivity index (χ1v) is 27.8. The first-order valence-electron chi connectivity index (χ1n) is 27.8. The van der Waals surface area contributed by atoms with Gasteiger partial charge in [-0.25, -0.2) is 0 Å². The molecular formula is C55H109NO5. The highest BCUT2D eigenvalue weighted by Gasteiger charge is 2.24. The van der Waals surface area contributed by atoms with Crippen LogP contribution in [0.2, 0.25) is 0 Å². The van der Waals surface area contributed by atoms with E-state index < -0.39 is 18.2 Å². The monoisotopic (exact) mass is 864 g/mol. The molecule has 3 unspecified atom stereocenters. The molecule has 1 amide bonds. The largest absolute Gasteiger partial charge is 0.462 e. The average molecular weight is 864 g/mol. The number of amides is 1. The molecule has 0 radical (unpaired) electrons. The van der Waals surface area contributed by atoms with E-state index in [1.54, 1.807) is 0 Å². The molecule has 0 aliphatic rings. The van der Waals surface area contributed by atoms with Crippen LogP contribution in [-0.4, -0.2) is 46.9 Å². The summed E-state index contributed by atoms with van der Waals surface area (Å²) in [6.07, 6.45) is 54.5. The predicted molar refractivity (Wildman–Crippen MR) is 264 cm³/mol. The van der Waals surface area contributed by atoms with Crippen LogP contribution in [0.1, 0.15) is 316 Å². The molecule has 0 fully saturated rings. The van der Waals surface area contributed by atoms with Crippen molar-refractivity contribution in [1.82, 2.24) is 5.32 Å². The van der Waals surface area contributed by atoms with Gasteiger partial charge >= 0.3 is 5.97 Å². The summed E-state index contributed by atoms with van der Waals surface area (Å²) in [4.78, 5) is 26.2. The third kappa shape index (κ3) is 45.2. The average Bonchev–Trinajstić information content (AvgIpc) is 3.25. The Morgan fingerprint density at radius 2 is 0.689 bits per heavy atom. The zero-order chi connectivity index (χ0) is 44.5. The maximum absolute atomic E-state index is 13.2. The van der Waals surface area contributed by atoms with Crippen LogP contribution in [0.4, 0.5) is 0 Å². The van der Waals surface area contributed by atoms with Crippen LogP contribution in [0.25, 0.3) is 0 Å². The third-order valence-electron chi connectivity index (χ3n) is 13.2. The second kappa shape index (κ2) is 49.9. The SMILES string of the molecule is CCCCCCCCCCCCCCCCCCCC(=O)OC(CCCCCCCCCCCCC)CC(=O)NC(CO)C(O)CCCCCCCCCCCCCCCC. The zero-order valence-corrected chi connectivity index (χ0v) is 41.6. The van der Waals surface area contributed by atoms with Crippen molar-refractivity contribution in [3.05, 3.63) is 0 Å². The minimum atomic E-state index is -0.779. The molecule has 0 aromatic heterocycles. The van der Waals surface area contributed by atoms with Gasteiger partial charge in [-0.05, 0) is 25.7 Å². The summed E-state index contributed by atoms with van der Waals surface area (Å²) in [5.74, 6) is -0.448. The number of unbranched alkanes of at least 4 members (excludes halogenated alkanes) is 39. The van der Waals surface area contributed by atoms with E-state index in [4.69, 9.17) is 4.74 Å². The Labute approximate surface area is 381 Å². The van der Waals surface area contributed by atoms with Crippen molar-refractivity contribution >= 4 is 11.9 Å². The van der Waals surface area contributed by atoms with Crippen molar-refractivity contribution in [3.63, 3.8) is 0 Å². The van der Waals surface area contributed by atoms with Crippen molar-refractivity contribution in [1.29, 1.82) is 0 Å². The van der Waals surface area contributed by atoms with E-state index in [0.717, 1.165) is 38.5 Å². The van der Waals surface area contributed by atoms with E-state index in [0.29, 0.717) is 19.3 Å². The van der Waals surface area contributed by atoms with Crippen LogP contribution >= 0.6 is 0 Å². The van der Waals surface area contributed by atoms with E-state index in [-0.39, 0.29) is 24.9 Å². The van der Waals surface area contributed by atoms with Gasteiger partial charge in [0, 0.05) is 6.42 Å². The lowest BCUT2D eigenvalue weighted by atomic mass is 10.0. The number of carbonyl (C=O) groups is 2. The number of hydrogen-bond donors (Lipinski definition) is 3. The first kappa shape index (κ1) is 59.9. The highest BCUT2D eigenvalue weighted by Crippen LogP contribution is 2.19. The summed E-state index contributed by atoms with van der Waals surface area (Å²) < 4.78 is 5.95. The Kier molecular flexibility index (Phi) is 48.9. The summed E-state index contributed by atoms with van der Waals surface area (Å²) in [6.45, 7) is 6.52. The van der Waals surface area contributed by atoms with Gasteiger partial charge in [-0.1, -0.05) is 278 Å². The molecule has 61 heavy (non-hydrogen) atoms. The van der Waals surface area contributed by atoms with Crippen LogP contribution in [-0.2, 0) is 14.3 Å². The Bertz CT molecular complexity index is 882. The number of nitrogens with one attached hydrogen (secondary N) is 1. The van der Waals surface area contributed by atoms with Gasteiger partial charge in [0.1, 0.15) is 6.10 Å². The van der Waals surface area contributed by atoms with Gasteiger partial charge in [0.05, 0.1) is 25.2 Å². The molecule has 0 spiro atoms. The molecule has 0 aliphatic heterocycles. The van der Waals surface area contributed by atoms with Gasteiger partial charge in [0.25, 0.3) is 0 Å². The Balaban J connectivity index is 4.42. The number of aliphatic hydroxyl groups excluding tert-OH is 2. The summed E-state index contributed by atoms with van der Waals surface area (Å²) >= 11 is 0. The Hall–Kier alpha value is -1.14. The molecule has 0 saturated heterocycles. The second-order valence-electron chi connectivity index (χ2n) is 19.4. The normalized spacial score (nSPS) is 13.1. The van der Waals surface area contributed by atoms with Crippen LogP contribution < -0.4 is 5.32 Å². The fourth-order valence-electron chi connectivity index (χ4n) is 8.96. The lowest BCUT2D eigenvalue weighted by molar-refractivity contribution is -0.151. The topological polar surface area (TPSA) is 95.9 Å². The van der Waals surface area contributed by atoms with Crippen LogP contribution in [0.15, 0.2) is 0 Å². The molecule has 0 bridgehead atoms. The molecule has 0 heterocycles. The van der Waals surface area contributed by atoms with E-state index >= 15 is 0 Å². The third-order valence-corrected chi connectivity index (χ3v) is 13.2. The van der Waals surface area contributed by atoms with Crippen molar-refractivity contribution in [3.8, 4) is 0 Å². The lowest BCUT2D eigenvalue weighted by Gasteiger charge is -2.24. The molecule has 0 aliphatic carbocycles. The van der Waals surface area contributed by atoms with Crippen LogP contribution in [0, 0.1) is 0 Å². The standard InChI is InChI=1S/C55H109NO5/c1-4-7-10-13-16-19-22-24-26-27-28-30-33-36-39-42-45-48-55(60)61-51(46-43-40-37-34-31-21-18-15-12-9-6-3)49-54(59)56-52(50-57)53(58)47-44-41-38-35-32-29-25-23-20-17-14-11-8-5-2/h51-53,57-58H,4-50H2,1-3H3,(H,56,59). The van der Waals surface area contributed by atoms with Crippen LogP contribution in [0.3, 0.4) is 0 Å². The maximum atomic E-state index is 13.2. The van der Waals surface area contributed by atoms with Crippen molar-refractivity contribution in [2.45, 2.75) is 334 Å². The molecule has 364 valence electrons. The zero-order valence-electron chi connectivity index (χ0n) is 41.6. The number of ether oxygens (including phenoxy) is 1. The Morgan fingerprint density at radius 3 is 1.00 bits per heavy atom. The molecule has 6 heteroatoms. The maximum Gasteiger partial charge on any atom is 0.306 e. The summed E-state index contributed by atoms with van der Waals surface area (Å²) in [6, 6.07) is -0.692. The number of esters is 1. The van der Waals surface area contributed by atoms with Crippen molar-refractivity contribution in [2.24, 2.45) is 0 Å². The molecule has 0 rings (SSSR count). The Morgan fingerprint density at radius 1 is 0.410 bits per heavy atom. The number of aliphatic hydroxyl groups is 2. The van der Waals surface area contributed by atoms with Crippen molar-refractivity contribution < 1.29 is 24.5 Å². The molecule has 3 atom stereocenters. The fourth-order valence-corrected chi connectivity index (χ4v) is 8.96. The fraction of sp³-hybridized carbons (Fsp3) is 0.964. The van der Waals surface area contributed by atoms with E-state index in [2.05, 4.69) is 26.1 Å². The molecule has 0 aromatic carbocycles. The smallest absolute Gasteiger partial charge is 0.306 e. The minimum Gasteiger partial charge on any atom is -0.462 e.